The summed E-state index contributed by atoms with van der Waals surface area (Å²) in [7, 11) is 0. The first-order valence-electron chi connectivity index (χ1n) is 5.60. The number of carbonyl (C=O) groups is 1. The van der Waals surface area contributed by atoms with Crippen LogP contribution < -0.4 is 11.1 Å². The van der Waals surface area contributed by atoms with Crippen molar-refractivity contribution in [2.45, 2.75) is 20.0 Å². The van der Waals surface area contributed by atoms with E-state index in [9.17, 15) is 18.0 Å². The standard InChI is InChI=1S/C12H15F3N2O2/c1-7(2)6-19-11(18)17-10-4-3-8(16)5-9(10)12(13,14)15/h3-5,7H,6,16H2,1-2H3,(H,17,18). The second-order valence-corrected chi connectivity index (χ2v) is 4.42. The van der Waals surface area contributed by atoms with Gasteiger partial charge in [0.25, 0.3) is 0 Å². The van der Waals surface area contributed by atoms with E-state index >= 15 is 0 Å². The molecule has 1 aromatic rings. The van der Waals surface area contributed by atoms with Crippen LogP contribution in [0, 0.1) is 5.92 Å². The number of hydrogen-bond acceptors (Lipinski definition) is 3. The van der Waals surface area contributed by atoms with E-state index in [0.29, 0.717) is 0 Å². The highest BCUT2D eigenvalue weighted by Crippen LogP contribution is 2.36. The topological polar surface area (TPSA) is 64.3 Å². The third-order valence-electron chi connectivity index (χ3n) is 2.13. The lowest BCUT2D eigenvalue weighted by Crippen LogP contribution is -2.19. The minimum Gasteiger partial charge on any atom is -0.449 e. The Balaban J connectivity index is 2.86. The van der Waals surface area contributed by atoms with Crippen LogP contribution in [0.2, 0.25) is 0 Å². The van der Waals surface area contributed by atoms with Gasteiger partial charge >= 0.3 is 12.3 Å². The summed E-state index contributed by atoms with van der Waals surface area (Å²) in [6.07, 6.45) is -5.53. The molecular formula is C12H15F3N2O2. The van der Waals surface area contributed by atoms with Gasteiger partial charge < -0.3 is 10.5 Å². The lowest BCUT2D eigenvalue weighted by Gasteiger charge is -2.15. The van der Waals surface area contributed by atoms with E-state index in [1.807, 2.05) is 13.8 Å². The molecule has 0 bridgehead atoms. The van der Waals surface area contributed by atoms with Gasteiger partial charge in [-0.05, 0) is 24.1 Å². The number of halogens is 3. The van der Waals surface area contributed by atoms with E-state index in [-0.39, 0.29) is 23.9 Å². The third-order valence-corrected chi connectivity index (χ3v) is 2.13. The predicted octanol–water partition coefficient (Wildman–Crippen LogP) is 3.49. The number of rotatable bonds is 3. The van der Waals surface area contributed by atoms with E-state index in [2.05, 4.69) is 5.32 Å². The molecule has 19 heavy (non-hydrogen) atoms. The number of hydrogen-bond donors (Lipinski definition) is 2. The van der Waals surface area contributed by atoms with Gasteiger partial charge in [-0.2, -0.15) is 13.2 Å². The molecule has 0 saturated carbocycles. The molecule has 0 fully saturated rings. The summed E-state index contributed by atoms with van der Waals surface area (Å²) < 4.78 is 43.0. The van der Waals surface area contributed by atoms with Crippen LogP contribution in [0.4, 0.5) is 29.3 Å². The first-order valence-corrected chi connectivity index (χ1v) is 5.60. The maximum absolute atomic E-state index is 12.7. The van der Waals surface area contributed by atoms with Gasteiger partial charge in [0.1, 0.15) is 0 Å². The summed E-state index contributed by atoms with van der Waals surface area (Å²) >= 11 is 0. The minimum atomic E-state index is -4.60. The van der Waals surface area contributed by atoms with Crippen molar-refractivity contribution in [2.75, 3.05) is 17.7 Å². The van der Waals surface area contributed by atoms with E-state index < -0.39 is 17.8 Å². The smallest absolute Gasteiger partial charge is 0.418 e. The maximum Gasteiger partial charge on any atom is 0.418 e. The molecule has 0 saturated heterocycles. The lowest BCUT2D eigenvalue weighted by molar-refractivity contribution is -0.136. The SMILES string of the molecule is CC(C)COC(=O)Nc1ccc(N)cc1C(F)(F)F. The fraction of sp³-hybridized carbons (Fsp3) is 0.417. The molecule has 0 aliphatic heterocycles. The van der Waals surface area contributed by atoms with Crippen molar-refractivity contribution in [3.8, 4) is 0 Å². The molecule has 4 nitrogen and oxygen atoms in total. The van der Waals surface area contributed by atoms with Gasteiger partial charge in [0.05, 0.1) is 17.9 Å². The van der Waals surface area contributed by atoms with Crippen molar-refractivity contribution in [2.24, 2.45) is 5.92 Å². The van der Waals surface area contributed by atoms with Gasteiger partial charge in [0.2, 0.25) is 0 Å². The first kappa shape index (κ1) is 15.1. The average Bonchev–Trinajstić information content (AvgIpc) is 2.27. The summed E-state index contributed by atoms with van der Waals surface area (Å²) in [5, 5.41) is 2.06. The second-order valence-electron chi connectivity index (χ2n) is 4.42. The molecular weight excluding hydrogens is 261 g/mol. The van der Waals surface area contributed by atoms with Crippen LogP contribution in [-0.2, 0) is 10.9 Å². The Morgan fingerprint density at radius 2 is 2.05 bits per heavy atom. The van der Waals surface area contributed by atoms with Gasteiger partial charge in [0, 0.05) is 5.69 Å². The zero-order valence-corrected chi connectivity index (χ0v) is 10.5. The molecule has 0 spiro atoms. The quantitative estimate of drug-likeness (QED) is 0.830. The Hall–Kier alpha value is -1.92. The summed E-state index contributed by atoms with van der Waals surface area (Å²) in [5.41, 5.74) is 3.89. The Kier molecular flexibility index (Phi) is 4.63. The number of nitrogens with two attached hydrogens (primary N) is 1. The van der Waals surface area contributed by atoms with Crippen LogP contribution in [0.1, 0.15) is 19.4 Å². The van der Waals surface area contributed by atoms with Gasteiger partial charge in [-0.15, -0.1) is 0 Å². The highest BCUT2D eigenvalue weighted by molar-refractivity contribution is 5.86. The maximum atomic E-state index is 12.7. The summed E-state index contributed by atoms with van der Waals surface area (Å²) in [6, 6.07) is 3.13. The zero-order chi connectivity index (χ0) is 14.6. The zero-order valence-electron chi connectivity index (χ0n) is 10.5. The second kappa shape index (κ2) is 5.81. The molecule has 0 aromatic heterocycles. The van der Waals surface area contributed by atoms with Crippen LogP contribution >= 0.6 is 0 Å². The van der Waals surface area contributed by atoms with Gasteiger partial charge in [-0.3, -0.25) is 5.32 Å². The summed E-state index contributed by atoms with van der Waals surface area (Å²) in [5.74, 6) is 0.0965. The number of nitrogens with one attached hydrogen (secondary N) is 1. The highest BCUT2D eigenvalue weighted by atomic mass is 19.4. The predicted molar refractivity (Wildman–Crippen MR) is 65.7 cm³/mol. The van der Waals surface area contributed by atoms with Gasteiger partial charge in [-0.25, -0.2) is 4.79 Å². The molecule has 0 aliphatic rings. The molecule has 0 unspecified atom stereocenters. The number of ether oxygens (including phenoxy) is 1. The molecule has 1 rings (SSSR count). The Labute approximate surface area is 108 Å². The molecule has 0 aliphatic carbocycles. The van der Waals surface area contributed by atoms with Crippen LogP contribution in [0.5, 0.6) is 0 Å². The molecule has 1 aromatic carbocycles. The third kappa shape index (κ3) is 4.69. The minimum absolute atomic E-state index is 0.0339. The van der Waals surface area contributed by atoms with Crippen molar-refractivity contribution >= 4 is 17.5 Å². The van der Waals surface area contributed by atoms with E-state index in [1.165, 1.54) is 6.07 Å². The number of anilines is 2. The van der Waals surface area contributed by atoms with Crippen LogP contribution in [0.25, 0.3) is 0 Å². The molecule has 106 valence electrons. The van der Waals surface area contributed by atoms with Crippen molar-refractivity contribution in [1.82, 2.24) is 0 Å². The van der Waals surface area contributed by atoms with Crippen molar-refractivity contribution in [3.63, 3.8) is 0 Å². The van der Waals surface area contributed by atoms with Crippen molar-refractivity contribution in [1.29, 1.82) is 0 Å². The first-order chi connectivity index (χ1) is 8.70. The van der Waals surface area contributed by atoms with E-state index in [0.717, 1.165) is 12.1 Å². The Morgan fingerprint density at radius 3 is 2.58 bits per heavy atom. The lowest BCUT2D eigenvalue weighted by atomic mass is 10.1. The van der Waals surface area contributed by atoms with Crippen molar-refractivity contribution < 1.29 is 22.7 Å². The highest BCUT2D eigenvalue weighted by Gasteiger charge is 2.34. The Morgan fingerprint density at radius 1 is 1.42 bits per heavy atom. The monoisotopic (exact) mass is 276 g/mol. The molecule has 0 heterocycles. The van der Waals surface area contributed by atoms with Crippen molar-refractivity contribution in [3.05, 3.63) is 23.8 Å². The fourth-order valence-corrected chi connectivity index (χ4v) is 1.29. The molecule has 7 heteroatoms. The number of benzene rings is 1. The van der Waals surface area contributed by atoms with Crippen LogP contribution in [0.15, 0.2) is 18.2 Å². The number of nitrogen functional groups attached to an aromatic ring is 1. The Bertz CT molecular complexity index is 459. The molecule has 0 atom stereocenters. The number of alkyl halides is 3. The van der Waals surface area contributed by atoms with Crippen LogP contribution in [0.3, 0.4) is 0 Å². The van der Waals surface area contributed by atoms with E-state index in [4.69, 9.17) is 10.5 Å². The molecule has 3 N–H and O–H groups in total. The fourth-order valence-electron chi connectivity index (χ4n) is 1.29. The molecule has 1 amide bonds. The summed E-state index contributed by atoms with van der Waals surface area (Å²) in [6.45, 7) is 3.76. The summed E-state index contributed by atoms with van der Waals surface area (Å²) in [4.78, 5) is 11.3. The average molecular weight is 276 g/mol. The van der Waals surface area contributed by atoms with Crippen LogP contribution in [-0.4, -0.2) is 12.7 Å². The molecule has 0 radical (unpaired) electrons. The number of amides is 1. The van der Waals surface area contributed by atoms with Gasteiger partial charge in [-0.1, -0.05) is 13.8 Å². The van der Waals surface area contributed by atoms with Gasteiger partial charge in [0.15, 0.2) is 0 Å². The normalized spacial score (nSPS) is 11.5. The van der Waals surface area contributed by atoms with E-state index in [1.54, 1.807) is 0 Å². The largest absolute Gasteiger partial charge is 0.449 e. The number of carbonyl (C=O) groups excluding carboxylic acids is 1.